The van der Waals surface area contributed by atoms with E-state index in [9.17, 15) is 5.11 Å². The van der Waals surface area contributed by atoms with Crippen molar-refractivity contribution < 1.29 is 9.52 Å². The van der Waals surface area contributed by atoms with Gasteiger partial charge in [0.25, 0.3) is 0 Å². The van der Waals surface area contributed by atoms with Crippen molar-refractivity contribution in [1.82, 2.24) is 5.32 Å². The summed E-state index contributed by atoms with van der Waals surface area (Å²) >= 11 is 0. The first-order valence-electron chi connectivity index (χ1n) is 5.91. The molecule has 0 fully saturated rings. The molecule has 1 atom stereocenters. The maximum atomic E-state index is 10.4. The molecule has 92 valence electrons. The van der Waals surface area contributed by atoms with Crippen LogP contribution in [0, 0.1) is 6.92 Å². The average Bonchev–Trinajstić information content (AvgIpc) is 2.72. The van der Waals surface area contributed by atoms with Crippen LogP contribution in [0.25, 0.3) is 11.0 Å². The molecule has 1 aromatic heterocycles. The lowest BCUT2D eigenvalue weighted by Crippen LogP contribution is -2.25. The van der Waals surface area contributed by atoms with Gasteiger partial charge in [0.2, 0.25) is 0 Å². The number of hydrogen-bond acceptors (Lipinski definition) is 3. The summed E-state index contributed by atoms with van der Waals surface area (Å²) in [6.45, 7) is 4.55. The van der Waals surface area contributed by atoms with Crippen LogP contribution in [0.5, 0.6) is 0 Å². The minimum atomic E-state index is -0.922. The van der Waals surface area contributed by atoms with Crippen LogP contribution in [0.1, 0.15) is 24.7 Å². The molecule has 0 radical (unpaired) electrons. The predicted molar refractivity (Wildman–Crippen MR) is 69.1 cm³/mol. The first kappa shape index (κ1) is 12.1. The number of aliphatic hydroxyl groups is 1. The number of para-hydroxylation sites is 1. The van der Waals surface area contributed by atoms with Gasteiger partial charge in [-0.05, 0) is 45.5 Å². The third kappa shape index (κ3) is 2.35. The Morgan fingerprint density at radius 3 is 2.82 bits per heavy atom. The van der Waals surface area contributed by atoms with E-state index in [1.54, 1.807) is 6.92 Å². The molecular weight excluding hydrogens is 214 g/mol. The standard InChI is InChI=1S/C14H19NO2/c1-10-5-4-6-11-9-12(17-13(10)11)14(2,16)7-8-15-3/h4-6,9,15-16H,7-8H2,1-3H3. The van der Waals surface area contributed by atoms with E-state index < -0.39 is 5.60 Å². The Morgan fingerprint density at radius 2 is 2.18 bits per heavy atom. The molecule has 2 aromatic rings. The van der Waals surface area contributed by atoms with Crippen LogP contribution in [0.15, 0.2) is 28.7 Å². The number of nitrogens with one attached hydrogen (secondary N) is 1. The van der Waals surface area contributed by atoms with Crippen LogP contribution in [0.2, 0.25) is 0 Å². The number of rotatable bonds is 4. The molecule has 3 heteroatoms. The Balaban J connectivity index is 2.39. The molecule has 2 N–H and O–H groups in total. The number of benzene rings is 1. The summed E-state index contributed by atoms with van der Waals surface area (Å²) < 4.78 is 5.78. The van der Waals surface area contributed by atoms with E-state index in [2.05, 4.69) is 5.32 Å². The second kappa shape index (κ2) is 4.51. The van der Waals surface area contributed by atoms with Gasteiger partial charge >= 0.3 is 0 Å². The molecule has 0 bridgehead atoms. The fourth-order valence-corrected chi connectivity index (χ4v) is 1.97. The first-order chi connectivity index (χ1) is 8.04. The van der Waals surface area contributed by atoms with Gasteiger partial charge in [0.05, 0.1) is 0 Å². The van der Waals surface area contributed by atoms with E-state index in [1.807, 2.05) is 38.2 Å². The van der Waals surface area contributed by atoms with Crippen molar-refractivity contribution in [1.29, 1.82) is 0 Å². The highest BCUT2D eigenvalue weighted by atomic mass is 16.4. The van der Waals surface area contributed by atoms with Gasteiger partial charge in [-0.3, -0.25) is 0 Å². The van der Waals surface area contributed by atoms with Crippen LogP contribution in [0.4, 0.5) is 0 Å². The van der Waals surface area contributed by atoms with Crippen LogP contribution in [0.3, 0.4) is 0 Å². The van der Waals surface area contributed by atoms with Crippen LogP contribution in [-0.2, 0) is 5.60 Å². The largest absolute Gasteiger partial charge is 0.458 e. The van der Waals surface area contributed by atoms with Gasteiger partial charge in [-0.15, -0.1) is 0 Å². The fourth-order valence-electron chi connectivity index (χ4n) is 1.97. The van der Waals surface area contributed by atoms with Crippen molar-refractivity contribution in [3.63, 3.8) is 0 Å². The Hall–Kier alpha value is -1.32. The summed E-state index contributed by atoms with van der Waals surface area (Å²) in [5, 5.41) is 14.5. The predicted octanol–water partition coefficient (Wildman–Crippen LogP) is 2.56. The second-order valence-electron chi connectivity index (χ2n) is 4.73. The van der Waals surface area contributed by atoms with Crippen LogP contribution < -0.4 is 5.32 Å². The molecular formula is C14H19NO2. The van der Waals surface area contributed by atoms with Crippen LogP contribution >= 0.6 is 0 Å². The summed E-state index contributed by atoms with van der Waals surface area (Å²) in [7, 11) is 1.87. The Kier molecular flexibility index (Phi) is 3.22. The molecule has 0 aliphatic rings. The molecule has 1 unspecified atom stereocenters. The maximum absolute atomic E-state index is 10.4. The Morgan fingerprint density at radius 1 is 1.41 bits per heavy atom. The molecule has 17 heavy (non-hydrogen) atoms. The van der Waals surface area contributed by atoms with Gasteiger partial charge in [-0.2, -0.15) is 0 Å². The van der Waals surface area contributed by atoms with Crippen molar-refractivity contribution in [3.8, 4) is 0 Å². The van der Waals surface area contributed by atoms with Gasteiger partial charge in [0.15, 0.2) is 0 Å². The van der Waals surface area contributed by atoms with E-state index in [0.29, 0.717) is 12.2 Å². The highest BCUT2D eigenvalue weighted by molar-refractivity contribution is 5.81. The smallest absolute Gasteiger partial charge is 0.137 e. The quantitative estimate of drug-likeness (QED) is 0.853. The Bertz CT molecular complexity index is 514. The summed E-state index contributed by atoms with van der Waals surface area (Å²) in [5.74, 6) is 0.636. The molecule has 0 amide bonds. The normalized spacial score (nSPS) is 15.1. The van der Waals surface area contributed by atoms with E-state index in [-0.39, 0.29) is 0 Å². The molecule has 3 nitrogen and oxygen atoms in total. The lowest BCUT2D eigenvalue weighted by atomic mass is 9.99. The molecule has 0 saturated heterocycles. The average molecular weight is 233 g/mol. The van der Waals surface area contributed by atoms with E-state index in [4.69, 9.17) is 4.42 Å². The second-order valence-corrected chi connectivity index (χ2v) is 4.73. The summed E-state index contributed by atoms with van der Waals surface area (Å²) in [6.07, 6.45) is 0.627. The maximum Gasteiger partial charge on any atom is 0.137 e. The highest BCUT2D eigenvalue weighted by Crippen LogP contribution is 2.31. The lowest BCUT2D eigenvalue weighted by molar-refractivity contribution is 0.0276. The van der Waals surface area contributed by atoms with Gasteiger partial charge < -0.3 is 14.8 Å². The zero-order chi connectivity index (χ0) is 12.5. The SMILES string of the molecule is CNCCC(C)(O)c1cc2cccc(C)c2o1. The molecule has 0 aliphatic carbocycles. The first-order valence-corrected chi connectivity index (χ1v) is 5.91. The molecule has 1 heterocycles. The number of aryl methyl sites for hydroxylation is 1. The Labute approximate surface area is 101 Å². The molecule has 1 aromatic carbocycles. The summed E-state index contributed by atoms with van der Waals surface area (Å²) in [6, 6.07) is 7.94. The number of fused-ring (bicyclic) bond motifs is 1. The fraction of sp³-hybridized carbons (Fsp3) is 0.429. The zero-order valence-electron chi connectivity index (χ0n) is 10.6. The monoisotopic (exact) mass is 233 g/mol. The molecule has 0 aliphatic heterocycles. The zero-order valence-corrected chi connectivity index (χ0v) is 10.6. The van der Waals surface area contributed by atoms with Crippen LogP contribution in [-0.4, -0.2) is 18.7 Å². The van der Waals surface area contributed by atoms with Crippen molar-refractivity contribution in [2.75, 3.05) is 13.6 Å². The topological polar surface area (TPSA) is 45.4 Å². The van der Waals surface area contributed by atoms with E-state index in [0.717, 1.165) is 23.1 Å². The highest BCUT2D eigenvalue weighted by Gasteiger charge is 2.26. The lowest BCUT2D eigenvalue weighted by Gasteiger charge is -2.20. The third-order valence-electron chi connectivity index (χ3n) is 3.13. The van der Waals surface area contributed by atoms with Crippen molar-refractivity contribution in [2.45, 2.75) is 25.9 Å². The van der Waals surface area contributed by atoms with Crippen molar-refractivity contribution in [2.24, 2.45) is 0 Å². The van der Waals surface area contributed by atoms with Crippen molar-refractivity contribution >= 4 is 11.0 Å². The minimum Gasteiger partial charge on any atom is -0.458 e. The third-order valence-corrected chi connectivity index (χ3v) is 3.13. The molecule has 0 saturated carbocycles. The van der Waals surface area contributed by atoms with E-state index in [1.165, 1.54) is 0 Å². The van der Waals surface area contributed by atoms with Gasteiger partial charge in [0.1, 0.15) is 16.9 Å². The summed E-state index contributed by atoms with van der Waals surface area (Å²) in [4.78, 5) is 0. The molecule has 0 spiro atoms. The minimum absolute atomic E-state index is 0.627. The van der Waals surface area contributed by atoms with Gasteiger partial charge in [-0.25, -0.2) is 0 Å². The number of furan rings is 1. The van der Waals surface area contributed by atoms with Gasteiger partial charge in [-0.1, -0.05) is 18.2 Å². The number of hydrogen-bond donors (Lipinski definition) is 2. The summed E-state index contributed by atoms with van der Waals surface area (Å²) in [5.41, 5.74) is 1.04. The van der Waals surface area contributed by atoms with Crippen molar-refractivity contribution in [3.05, 3.63) is 35.6 Å². The molecule has 2 rings (SSSR count). The van der Waals surface area contributed by atoms with Gasteiger partial charge in [0, 0.05) is 5.39 Å². The van der Waals surface area contributed by atoms with E-state index >= 15 is 0 Å².